The van der Waals surface area contributed by atoms with E-state index in [1.165, 1.54) is 15.4 Å². The van der Waals surface area contributed by atoms with Gasteiger partial charge in [-0.15, -0.1) is 11.3 Å². The zero-order chi connectivity index (χ0) is 18.4. The summed E-state index contributed by atoms with van der Waals surface area (Å²) >= 11 is 1.66. The zero-order valence-electron chi connectivity index (χ0n) is 15.2. The topological polar surface area (TPSA) is 52.7 Å². The number of hydrogen-bond donors (Lipinski definition) is 1. The van der Waals surface area contributed by atoms with Gasteiger partial charge in [0, 0.05) is 26.0 Å². The summed E-state index contributed by atoms with van der Waals surface area (Å²) in [7, 11) is 5.02. The summed E-state index contributed by atoms with van der Waals surface area (Å²) in [5.41, 5.74) is 2.32. The molecule has 0 aliphatic carbocycles. The fraction of sp³-hybridized carbons (Fsp3) is 0.368. The summed E-state index contributed by atoms with van der Waals surface area (Å²) in [5, 5.41) is 5.37. The summed E-state index contributed by atoms with van der Waals surface area (Å²) in [4.78, 5) is 28.2. The number of nitrogens with zero attached hydrogens (tertiary/aromatic N) is 2. The van der Waals surface area contributed by atoms with Crippen molar-refractivity contribution in [2.24, 2.45) is 0 Å². The lowest BCUT2D eigenvalue weighted by atomic mass is 10.0. The monoisotopic (exact) mass is 359 g/mol. The molecular formula is C19H25N3O2S. The van der Waals surface area contributed by atoms with E-state index in [2.05, 4.69) is 42.6 Å². The van der Waals surface area contributed by atoms with Crippen molar-refractivity contribution in [3.8, 4) is 0 Å². The second-order valence-corrected chi connectivity index (χ2v) is 7.26. The van der Waals surface area contributed by atoms with Crippen molar-refractivity contribution >= 4 is 23.2 Å². The van der Waals surface area contributed by atoms with E-state index in [0.717, 1.165) is 10.4 Å². The maximum absolute atomic E-state index is 12.4. The molecule has 0 bridgehead atoms. The van der Waals surface area contributed by atoms with E-state index in [1.54, 1.807) is 32.5 Å². The van der Waals surface area contributed by atoms with Crippen LogP contribution < -0.4 is 5.32 Å². The van der Waals surface area contributed by atoms with E-state index >= 15 is 0 Å². The van der Waals surface area contributed by atoms with Gasteiger partial charge in [0.15, 0.2) is 0 Å². The molecule has 134 valence electrons. The number of likely N-dealkylation sites (N-methyl/N-ethyl adjacent to an activating group) is 2. The maximum Gasteiger partial charge on any atom is 0.241 e. The van der Waals surface area contributed by atoms with Crippen molar-refractivity contribution < 1.29 is 9.59 Å². The molecule has 5 nitrogen and oxygen atoms in total. The fourth-order valence-electron chi connectivity index (χ4n) is 2.35. The van der Waals surface area contributed by atoms with Crippen LogP contribution in [-0.2, 0) is 9.59 Å². The number of carbonyl (C=O) groups excluding carboxylic acids is 2. The lowest BCUT2D eigenvalue weighted by molar-refractivity contribution is -0.137. The van der Waals surface area contributed by atoms with Crippen LogP contribution in [0.5, 0.6) is 0 Å². The molecule has 0 aliphatic heterocycles. The van der Waals surface area contributed by atoms with Gasteiger partial charge in [0.1, 0.15) is 0 Å². The molecule has 1 N–H and O–H groups in total. The second kappa shape index (κ2) is 8.78. The van der Waals surface area contributed by atoms with Gasteiger partial charge in [-0.2, -0.15) is 0 Å². The SMILES string of the molecule is Cc1ccc([C@@H](NCC(=O)N(C)CC(=O)N(C)C)c2cccs2)cc1. The third-order valence-corrected chi connectivity index (χ3v) is 4.93. The number of amides is 2. The Kier molecular flexibility index (Phi) is 6.73. The van der Waals surface area contributed by atoms with Crippen molar-refractivity contribution in [2.75, 3.05) is 34.2 Å². The molecule has 0 saturated carbocycles. The highest BCUT2D eigenvalue weighted by molar-refractivity contribution is 7.10. The summed E-state index contributed by atoms with van der Waals surface area (Å²) in [6.07, 6.45) is 0. The van der Waals surface area contributed by atoms with E-state index < -0.39 is 0 Å². The lowest BCUT2D eigenvalue weighted by Crippen LogP contribution is -2.42. The van der Waals surface area contributed by atoms with Crippen LogP contribution in [0.3, 0.4) is 0 Å². The third-order valence-electron chi connectivity index (χ3n) is 3.99. The molecule has 1 atom stereocenters. The van der Waals surface area contributed by atoms with Crippen LogP contribution in [0.15, 0.2) is 41.8 Å². The molecule has 1 heterocycles. The third kappa shape index (κ3) is 5.41. The van der Waals surface area contributed by atoms with Gasteiger partial charge in [-0.05, 0) is 23.9 Å². The number of benzene rings is 1. The van der Waals surface area contributed by atoms with Crippen LogP contribution in [0.1, 0.15) is 22.0 Å². The minimum atomic E-state index is -0.108. The molecule has 0 saturated heterocycles. The van der Waals surface area contributed by atoms with Crippen molar-refractivity contribution in [1.29, 1.82) is 0 Å². The molecule has 2 amide bonds. The highest BCUT2D eigenvalue weighted by atomic mass is 32.1. The van der Waals surface area contributed by atoms with Crippen LogP contribution in [0.4, 0.5) is 0 Å². The Bertz CT molecular complexity index is 696. The first-order chi connectivity index (χ1) is 11.9. The summed E-state index contributed by atoms with van der Waals surface area (Å²) in [6.45, 7) is 2.31. The van der Waals surface area contributed by atoms with Crippen LogP contribution in [-0.4, -0.2) is 55.8 Å². The first kappa shape index (κ1) is 19.1. The van der Waals surface area contributed by atoms with Gasteiger partial charge in [0.2, 0.25) is 11.8 Å². The highest BCUT2D eigenvalue weighted by Crippen LogP contribution is 2.26. The van der Waals surface area contributed by atoms with E-state index in [1.807, 2.05) is 11.4 Å². The predicted octanol–water partition coefficient (Wildman–Crippen LogP) is 2.28. The molecule has 0 unspecified atom stereocenters. The minimum absolute atomic E-state index is 0.0394. The zero-order valence-corrected chi connectivity index (χ0v) is 16.0. The Hall–Kier alpha value is -2.18. The molecule has 25 heavy (non-hydrogen) atoms. The Labute approximate surface area is 153 Å². The number of carbonyl (C=O) groups is 2. The number of thiophene rings is 1. The van der Waals surface area contributed by atoms with Crippen molar-refractivity contribution in [3.05, 3.63) is 57.8 Å². The summed E-state index contributed by atoms with van der Waals surface area (Å²) in [6, 6.07) is 12.3. The lowest BCUT2D eigenvalue weighted by Gasteiger charge is -2.22. The number of nitrogens with one attached hydrogen (secondary N) is 1. The van der Waals surface area contributed by atoms with Crippen LogP contribution in [0, 0.1) is 6.92 Å². The van der Waals surface area contributed by atoms with Gasteiger partial charge in [-0.3, -0.25) is 14.9 Å². The quantitative estimate of drug-likeness (QED) is 0.825. The molecule has 0 radical (unpaired) electrons. The molecule has 0 aliphatic rings. The van der Waals surface area contributed by atoms with Gasteiger partial charge in [-0.25, -0.2) is 0 Å². The molecule has 0 fully saturated rings. The average molecular weight is 359 g/mol. The molecule has 2 aromatic rings. The summed E-state index contributed by atoms with van der Waals surface area (Å²) < 4.78 is 0. The van der Waals surface area contributed by atoms with E-state index in [-0.39, 0.29) is 30.9 Å². The fourth-order valence-corrected chi connectivity index (χ4v) is 3.18. The van der Waals surface area contributed by atoms with E-state index in [4.69, 9.17) is 0 Å². The van der Waals surface area contributed by atoms with Crippen LogP contribution >= 0.6 is 11.3 Å². The van der Waals surface area contributed by atoms with Gasteiger partial charge in [-0.1, -0.05) is 35.9 Å². The van der Waals surface area contributed by atoms with Gasteiger partial charge in [0.25, 0.3) is 0 Å². The van der Waals surface area contributed by atoms with Crippen LogP contribution in [0.25, 0.3) is 0 Å². The van der Waals surface area contributed by atoms with E-state index in [9.17, 15) is 9.59 Å². The summed E-state index contributed by atoms with van der Waals surface area (Å²) in [5.74, 6) is -0.201. The van der Waals surface area contributed by atoms with Gasteiger partial charge < -0.3 is 9.80 Å². The average Bonchev–Trinajstić information content (AvgIpc) is 3.10. The van der Waals surface area contributed by atoms with Crippen molar-refractivity contribution in [3.63, 3.8) is 0 Å². The molecule has 1 aromatic heterocycles. The largest absolute Gasteiger partial charge is 0.347 e. The first-order valence-electron chi connectivity index (χ1n) is 8.16. The molecule has 1 aromatic carbocycles. The van der Waals surface area contributed by atoms with Crippen molar-refractivity contribution in [2.45, 2.75) is 13.0 Å². The number of hydrogen-bond acceptors (Lipinski definition) is 4. The molecule has 0 spiro atoms. The van der Waals surface area contributed by atoms with Crippen LogP contribution in [0.2, 0.25) is 0 Å². The number of aryl methyl sites for hydroxylation is 1. The predicted molar refractivity (Wildman–Crippen MR) is 102 cm³/mol. The maximum atomic E-state index is 12.4. The molecular weight excluding hydrogens is 334 g/mol. The number of rotatable bonds is 7. The Morgan fingerprint density at radius 2 is 1.76 bits per heavy atom. The first-order valence-corrected chi connectivity index (χ1v) is 9.04. The Morgan fingerprint density at radius 1 is 1.08 bits per heavy atom. The Morgan fingerprint density at radius 3 is 2.32 bits per heavy atom. The van der Waals surface area contributed by atoms with Gasteiger partial charge >= 0.3 is 0 Å². The Balaban J connectivity index is 2.04. The standard InChI is InChI=1S/C19H25N3O2S/c1-14-7-9-15(10-8-14)19(16-6-5-11-25-16)20-12-17(23)22(4)13-18(24)21(2)3/h5-11,19-20H,12-13H2,1-4H3/t19-/m1/s1. The highest BCUT2D eigenvalue weighted by Gasteiger charge is 2.19. The second-order valence-electron chi connectivity index (χ2n) is 6.28. The minimum Gasteiger partial charge on any atom is -0.347 e. The van der Waals surface area contributed by atoms with Gasteiger partial charge in [0.05, 0.1) is 19.1 Å². The molecule has 6 heteroatoms. The normalized spacial score (nSPS) is 11.8. The smallest absolute Gasteiger partial charge is 0.241 e. The van der Waals surface area contributed by atoms with Crippen molar-refractivity contribution in [1.82, 2.24) is 15.1 Å². The molecule has 2 rings (SSSR count). The van der Waals surface area contributed by atoms with E-state index in [0.29, 0.717) is 0 Å².